The van der Waals surface area contributed by atoms with Crippen LogP contribution in [0.15, 0.2) is 109 Å². The van der Waals surface area contributed by atoms with Crippen LogP contribution >= 0.6 is 23.2 Å². The van der Waals surface area contributed by atoms with Gasteiger partial charge in [-0.1, -0.05) is 23.2 Å². The molecular weight excluding hydrogens is 894 g/mol. The van der Waals surface area contributed by atoms with E-state index in [4.69, 9.17) is 37.4 Å². The van der Waals surface area contributed by atoms with Crippen molar-refractivity contribution in [2.75, 3.05) is 21.3 Å². The van der Waals surface area contributed by atoms with Gasteiger partial charge in [-0.15, -0.1) is 0 Å². The predicted molar refractivity (Wildman–Crippen MR) is 215 cm³/mol. The van der Waals surface area contributed by atoms with E-state index in [9.17, 15) is 49.9 Å². The van der Waals surface area contributed by atoms with Gasteiger partial charge in [0.25, 0.3) is 0 Å². The van der Waals surface area contributed by atoms with Crippen molar-refractivity contribution in [3.63, 3.8) is 0 Å². The molecule has 6 aromatic rings. The van der Waals surface area contributed by atoms with E-state index >= 15 is 0 Å². The first-order chi connectivity index (χ1) is 29.6. The minimum absolute atomic E-state index is 0.131. The van der Waals surface area contributed by atoms with Crippen LogP contribution in [0.25, 0.3) is 0 Å². The van der Waals surface area contributed by atoms with Gasteiger partial charge in [-0.2, -0.15) is 26.3 Å². The van der Waals surface area contributed by atoms with Crippen molar-refractivity contribution in [2.24, 2.45) is 0 Å². The van der Waals surface area contributed by atoms with Gasteiger partial charge in [0.15, 0.2) is 0 Å². The number of pyridine rings is 2. The Morgan fingerprint density at radius 2 is 1.05 bits per heavy atom. The van der Waals surface area contributed by atoms with Crippen LogP contribution in [0.3, 0.4) is 0 Å². The van der Waals surface area contributed by atoms with Crippen LogP contribution in [-0.2, 0) is 17.1 Å². The number of carbonyl (C=O) groups is 2. The molecule has 63 heavy (non-hydrogen) atoms. The van der Waals surface area contributed by atoms with Crippen LogP contribution in [0.2, 0.25) is 10.0 Å². The number of urea groups is 2. The molecule has 0 fully saturated rings. The third-order valence-corrected chi connectivity index (χ3v) is 8.53. The normalized spacial score (nSPS) is 10.8. The number of carbonyl (C=O) groups excluding carboxylic acids is 2. The molecule has 0 unspecified atom stereocenters. The number of aromatic nitrogens is 2. The third-order valence-electron chi connectivity index (χ3n) is 7.87. The molecule has 0 atom stereocenters. The quantitative estimate of drug-likeness (QED) is 0.0441. The van der Waals surface area contributed by atoms with E-state index in [1.54, 1.807) is 32.2 Å². The van der Waals surface area contributed by atoms with Gasteiger partial charge in [-0.05, 0) is 73.7 Å². The Morgan fingerprint density at radius 1 is 0.619 bits per heavy atom. The van der Waals surface area contributed by atoms with Crippen LogP contribution in [0, 0.1) is 25.5 Å². The summed E-state index contributed by atoms with van der Waals surface area (Å²) in [4.78, 5) is 28.1. The summed E-state index contributed by atoms with van der Waals surface area (Å²) in [6.45, 7) is 3.41. The van der Waals surface area contributed by atoms with Gasteiger partial charge < -0.3 is 30.7 Å². The number of hydrogen-bond acceptors (Lipinski definition) is 7. The van der Waals surface area contributed by atoms with Crippen molar-refractivity contribution in [2.45, 2.75) is 26.2 Å². The molecule has 0 saturated carbocycles. The van der Waals surface area contributed by atoms with Crippen molar-refractivity contribution in [1.29, 1.82) is 0 Å². The zero-order valence-electron chi connectivity index (χ0n) is 32.1. The van der Waals surface area contributed by atoms with Crippen LogP contribution < -0.4 is 35.5 Å². The van der Waals surface area contributed by atoms with Gasteiger partial charge in [0.05, 0.1) is 38.6 Å². The standard InChI is InChI=1S/C20H14ClF4N3O3.C20H14ClF4N3O2.BO/c1-11-8-14(6-7-28(11)30)31-13-3-5-18(17(22)10-13)27-19(29)26-12-2-4-16(21)15(9-12)20(23,24)25;1-11-8-14(6-7-26-11)30-13-3-5-18(17(22)10-13)28-19(29)27-12-2-4-16(21)15(9-12)20(23,24)25;1-2/h2-10H,1H3,(H2-,26,27,29,30);2-10H,1H3,(H2,27,28,29);/p+1. The number of nitrogens with zero attached hydrogens (tertiary/aromatic N) is 2. The molecule has 0 spiro atoms. The summed E-state index contributed by atoms with van der Waals surface area (Å²) in [6, 6.07) is 17.5. The Hall–Kier alpha value is -7.00. The van der Waals surface area contributed by atoms with Crippen LogP contribution in [0.5, 0.6) is 23.0 Å². The molecule has 2 aromatic heterocycles. The minimum atomic E-state index is -4.69. The van der Waals surface area contributed by atoms with Gasteiger partial charge >= 0.3 is 36.8 Å². The van der Waals surface area contributed by atoms with E-state index in [2.05, 4.69) is 34.0 Å². The van der Waals surface area contributed by atoms with Crippen molar-refractivity contribution in [1.82, 2.24) is 4.98 Å². The molecule has 0 bridgehead atoms. The Labute approximate surface area is 362 Å². The zero-order valence-corrected chi connectivity index (χ0v) is 33.6. The number of amides is 4. The van der Waals surface area contributed by atoms with Gasteiger partial charge in [0.1, 0.15) is 34.6 Å². The van der Waals surface area contributed by atoms with Crippen LogP contribution in [0.4, 0.5) is 67.5 Å². The molecule has 2 heterocycles. The molecule has 0 aliphatic rings. The SMILES string of the molecule is Cc1cc(Oc2ccc(NC(=O)Nc3ccc(Cl)c(C(F)(F)F)c3)c(F)c2)cc[n+]1O.Cc1cc(Oc2ccc(NC(=O)Nc3ccc(Cl)c(C(F)(F)F)c3)c(F)c2)ccn1.[B]=O. The van der Waals surface area contributed by atoms with Crippen molar-refractivity contribution < 1.29 is 68.8 Å². The Kier molecular flexibility index (Phi) is 16.4. The number of aryl methyl sites for hydroxylation is 2. The van der Waals surface area contributed by atoms with Crippen LogP contribution in [-0.4, -0.2) is 30.0 Å². The zero-order chi connectivity index (χ0) is 46.6. The Bertz CT molecular complexity index is 2610. The average molecular weight is 923 g/mol. The molecule has 0 aliphatic carbocycles. The summed E-state index contributed by atoms with van der Waals surface area (Å²) in [7, 11) is 3.25. The van der Waals surface area contributed by atoms with E-state index in [1.165, 1.54) is 54.7 Å². The van der Waals surface area contributed by atoms with E-state index in [0.29, 0.717) is 29.3 Å². The fourth-order valence-electron chi connectivity index (χ4n) is 5.03. The molecule has 5 N–H and O–H groups in total. The first-order valence-corrected chi connectivity index (χ1v) is 18.1. The Balaban J connectivity index is 0.000000266. The first-order valence-electron chi connectivity index (χ1n) is 17.4. The summed E-state index contributed by atoms with van der Waals surface area (Å²) >= 11 is 11.1. The number of alkyl halides is 6. The number of anilines is 4. The molecule has 12 nitrogen and oxygen atoms in total. The molecule has 4 aromatic carbocycles. The van der Waals surface area contributed by atoms with Crippen molar-refractivity contribution in [3.05, 3.63) is 154 Å². The van der Waals surface area contributed by atoms with Gasteiger partial charge in [0.2, 0.25) is 11.9 Å². The van der Waals surface area contributed by atoms with Gasteiger partial charge in [-0.3, -0.25) is 10.2 Å². The predicted octanol–water partition coefficient (Wildman–Crippen LogP) is 11.9. The summed E-state index contributed by atoms with van der Waals surface area (Å²) in [6.07, 6.45) is -6.48. The van der Waals surface area contributed by atoms with E-state index in [0.717, 1.165) is 34.7 Å². The van der Waals surface area contributed by atoms with Crippen molar-refractivity contribution in [3.8, 4) is 23.0 Å². The van der Waals surface area contributed by atoms with Gasteiger partial charge in [0, 0.05) is 59.2 Å². The third kappa shape index (κ3) is 14.3. The maximum atomic E-state index is 14.3. The topological polar surface area (TPSA) is 155 Å². The maximum absolute atomic E-state index is 14.3. The number of ether oxygens (including phenoxy) is 2. The molecule has 4 amide bonds. The summed E-state index contributed by atoms with van der Waals surface area (Å²) < 4.78 is 126. The molecule has 327 valence electrons. The van der Waals surface area contributed by atoms with Crippen molar-refractivity contribution >= 4 is 65.7 Å². The molecule has 0 saturated heterocycles. The number of rotatable bonds is 8. The summed E-state index contributed by atoms with van der Waals surface area (Å²) in [5.41, 5.74) is -1.72. The monoisotopic (exact) mass is 922 g/mol. The average Bonchev–Trinajstić information content (AvgIpc) is 3.20. The molecule has 6 rings (SSSR count). The number of benzene rings is 4. The fraction of sp³-hybridized carbons (Fsp3) is 0.100. The number of hydrogen-bond donors (Lipinski definition) is 5. The van der Waals surface area contributed by atoms with E-state index in [-0.39, 0.29) is 34.2 Å². The summed E-state index contributed by atoms with van der Waals surface area (Å²) in [5.74, 6) is -0.486. The second-order valence-electron chi connectivity index (χ2n) is 12.5. The second-order valence-corrected chi connectivity index (χ2v) is 13.3. The molecular formula is C40H29BCl2F8N6O6+. The number of halogens is 10. The van der Waals surface area contributed by atoms with E-state index in [1.807, 2.05) is 0 Å². The molecule has 23 heteroatoms. The second kappa shape index (κ2) is 21.2. The fourth-order valence-corrected chi connectivity index (χ4v) is 5.48. The molecule has 0 aliphatic heterocycles. The van der Waals surface area contributed by atoms with Gasteiger partial charge in [-0.25, -0.2) is 18.4 Å². The number of nitrogens with one attached hydrogen (secondary N) is 4. The van der Waals surface area contributed by atoms with Crippen LogP contribution in [0.1, 0.15) is 22.5 Å². The first kappa shape index (κ1) is 48.7. The molecule has 1 radical (unpaired) electrons. The summed E-state index contributed by atoms with van der Waals surface area (Å²) in [5, 5.41) is 17.3. The Morgan fingerprint density at radius 3 is 1.44 bits per heavy atom. The van der Waals surface area contributed by atoms with E-state index < -0.39 is 57.2 Å².